The highest BCUT2D eigenvalue weighted by Gasteiger charge is 2.37. The summed E-state index contributed by atoms with van der Waals surface area (Å²) in [5.41, 5.74) is 9.34. The predicted octanol–water partition coefficient (Wildman–Crippen LogP) is 2.73. The van der Waals surface area contributed by atoms with Crippen molar-refractivity contribution in [1.82, 2.24) is 14.7 Å². The predicted molar refractivity (Wildman–Crippen MR) is 100 cm³/mol. The molecule has 1 aliphatic carbocycles. The molecule has 5 nitrogen and oxygen atoms in total. The number of rotatable bonds is 3. The number of hydrogen-bond donors (Lipinski definition) is 1. The molecule has 1 aliphatic heterocycles. The zero-order chi connectivity index (χ0) is 17.6. The van der Waals surface area contributed by atoms with Crippen LogP contribution >= 0.6 is 12.4 Å². The third kappa shape index (κ3) is 3.12. The van der Waals surface area contributed by atoms with E-state index in [1.54, 1.807) is 12.1 Å². The number of halogens is 2. The molecule has 2 heterocycles. The Hall–Kier alpha value is -1.92. The van der Waals surface area contributed by atoms with Gasteiger partial charge in [0.1, 0.15) is 5.82 Å². The molecule has 2 N–H and O–H groups in total. The van der Waals surface area contributed by atoms with E-state index in [4.69, 9.17) is 5.73 Å². The van der Waals surface area contributed by atoms with Crippen molar-refractivity contribution in [3.05, 3.63) is 47.0 Å². The van der Waals surface area contributed by atoms with Crippen LogP contribution in [0.5, 0.6) is 0 Å². The van der Waals surface area contributed by atoms with Crippen molar-refractivity contribution in [1.29, 1.82) is 0 Å². The molecule has 0 radical (unpaired) electrons. The fraction of sp³-hybridized carbons (Fsp3) is 0.474. The lowest BCUT2D eigenvalue weighted by atomic mass is 9.90. The van der Waals surface area contributed by atoms with Gasteiger partial charge in [-0.25, -0.2) is 9.07 Å². The summed E-state index contributed by atoms with van der Waals surface area (Å²) >= 11 is 0. The first-order valence-corrected chi connectivity index (χ1v) is 8.87. The molecule has 0 bridgehead atoms. The van der Waals surface area contributed by atoms with E-state index >= 15 is 0 Å². The maximum Gasteiger partial charge on any atom is 0.274 e. The van der Waals surface area contributed by atoms with E-state index in [9.17, 15) is 9.18 Å². The third-order valence-electron chi connectivity index (χ3n) is 5.54. The molecule has 1 atom stereocenters. The molecule has 7 heteroatoms. The average Bonchev–Trinajstić information content (AvgIpc) is 3.30. The SMILES string of the molecule is CC1(CN)CCN(C(=O)c2nn(-c3ccc(F)cc3)c3c2CCC3)C1.Cl. The number of carbonyl (C=O) groups excluding carboxylic acids is 1. The van der Waals surface area contributed by atoms with Gasteiger partial charge >= 0.3 is 0 Å². The van der Waals surface area contributed by atoms with Crippen molar-refractivity contribution < 1.29 is 9.18 Å². The van der Waals surface area contributed by atoms with Gasteiger partial charge in [-0.2, -0.15) is 5.10 Å². The van der Waals surface area contributed by atoms with E-state index in [0.29, 0.717) is 18.8 Å². The second kappa shape index (κ2) is 7.00. The van der Waals surface area contributed by atoms with Gasteiger partial charge in [0.05, 0.1) is 5.69 Å². The number of likely N-dealkylation sites (tertiary alicyclic amines) is 1. The van der Waals surface area contributed by atoms with Crippen molar-refractivity contribution in [2.24, 2.45) is 11.1 Å². The van der Waals surface area contributed by atoms with Gasteiger partial charge in [0.2, 0.25) is 0 Å². The van der Waals surface area contributed by atoms with Gasteiger partial charge in [-0.3, -0.25) is 4.79 Å². The summed E-state index contributed by atoms with van der Waals surface area (Å²) < 4.78 is 15.0. The second-order valence-corrected chi connectivity index (χ2v) is 7.51. The topological polar surface area (TPSA) is 64.2 Å². The Labute approximate surface area is 158 Å². The molecule has 1 aromatic heterocycles. The van der Waals surface area contributed by atoms with Crippen LogP contribution in [-0.2, 0) is 12.8 Å². The van der Waals surface area contributed by atoms with Crippen molar-refractivity contribution in [2.45, 2.75) is 32.6 Å². The lowest BCUT2D eigenvalue weighted by Crippen LogP contribution is -2.35. The monoisotopic (exact) mass is 378 g/mol. The number of fused-ring (bicyclic) bond motifs is 1. The first kappa shape index (κ1) is 18.9. The molecule has 1 amide bonds. The van der Waals surface area contributed by atoms with Crippen molar-refractivity contribution in [3.63, 3.8) is 0 Å². The lowest BCUT2D eigenvalue weighted by Gasteiger charge is -2.22. The molecule has 26 heavy (non-hydrogen) atoms. The van der Waals surface area contributed by atoms with E-state index < -0.39 is 0 Å². The third-order valence-corrected chi connectivity index (χ3v) is 5.54. The molecular weight excluding hydrogens is 355 g/mol. The fourth-order valence-corrected chi connectivity index (χ4v) is 3.92. The zero-order valence-electron chi connectivity index (χ0n) is 14.9. The summed E-state index contributed by atoms with van der Waals surface area (Å²) in [6, 6.07) is 6.26. The number of amides is 1. The van der Waals surface area contributed by atoms with E-state index in [1.807, 2.05) is 9.58 Å². The normalized spacial score (nSPS) is 21.6. The highest BCUT2D eigenvalue weighted by molar-refractivity contribution is 5.94. The number of nitrogens with zero attached hydrogens (tertiary/aromatic N) is 3. The van der Waals surface area contributed by atoms with Gasteiger partial charge < -0.3 is 10.6 Å². The smallest absolute Gasteiger partial charge is 0.274 e. The largest absolute Gasteiger partial charge is 0.337 e. The first-order chi connectivity index (χ1) is 12.0. The average molecular weight is 379 g/mol. The number of aromatic nitrogens is 2. The van der Waals surface area contributed by atoms with E-state index in [0.717, 1.165) is 49.2 Å². The Morgan fingerprint density at radius 2 is 2.04 bits per heavy atom. The van der Waals surface area contributed by atoms with Crippen LogP contribution in [0, 0.1) is 11.2 Å². The molecule has 0 saturated carbocycles. The Morgan fingerprint density at radius 1 is 1.31 bits per heavy atom. The molecule has 1 saturated heterocycles. The summed E-state index contributed by atoms with van der Waals surface area (Å²) in [5.74, 6) is -0.279. The minimum absolute atomic E-state index is 0. The minimum atomic E-state index is -0.276. The van der Waals surface area contributed by atoms with E-state index in [1.165, 1.54) is 12.1 Å². The first-order valence-electron chi connectivity index (χ1n) is 8.87. The van der Waals surface area contributed by atoms with Crippen LogP contribution in [0.1, 0.15) is 41.5 Å². The van der Waals surface area contributed by atoms with Crippen molar-refractivity contribution in [2.75, 3.05) is 19.6 Å². The Bertz CT molecular complexity index is 820. The summed E-state index contributed by atoms with van der Waals surface area (Å²) in [7, 11) is 0. The molecule has 1 aromatic carbocycles. The Balaban J connectivity index is 0.00000196. The number of benzene rings is 1. The highest BCUT2D eigenvalue weighted by atomic mass is 35.5. The van der Waals surface area contributed by atoms with Gasteiger partial charge in [0.15, 0.2) is 5.69 Å². The van der Waals surface area contributed by atoms with Crippen LogP contribution < -0.4 is 5.73 Å². The summed E-state index contributed by atoms with van der Waals surface area (Å²) in [5, 5.41) is 4.62. The van der Waals surface area contributed by atoms with Crippen LogP contribution in [0.2, 0.25) is 0 Å². The Morgan fingerprint density at radius 3 is 2.69 bits per heavy atom. The highest BCUT2D eigenvalue weighted by Crippen LogP contribution is 2.32. The zero-order valence-corrected chi connectivity index (χ0v) is 15.7. The van der Waals surface area contributed by atoms with Crippen LogP contribution in [0.25, 0.3) is 5.69 Å². The molecule has 2 aromatic rings. The molecule has 140 valence electrons. The number of nitrogens with two attached hydrogens (primary N) is 1. The van der Waals surface area contributed by atoms with E-state index in [-0.39, 0.29) is 29.5 Å². The molecule has 4 rings (SSSR count). The van der Waals surface area contributed by atoms with Gasteiger partial charge in [0, 0.05) is 24.3 Å². The standard InChI is InChI=1S/C19H23FN4O.ClH/c1-19(11-21)9-10-23(12-19)18(25)17-15-3-2-4-16(15)24(22-17)14-7-5-13(20)6-8-14;/h5-8H,2-4,9-12,21H2,1H3;1H. The van der Waals surface area contributed by atoms with Gasteiger partial charge in [0.25, 0.3) is 5.91 Å². The molecule has 0 spiro atoms. The lowest BCUT2D eigenvalue weighted by molar-refractivity contribution is 0.0769. The summed E-state index contributed by atoms with van der Waals surface area (Å²) in [6.07, 6.45) is 3.72. The molecule has 2 aliphatic rings. The van der Waals surface area contributed by atoms with E-state index in [2.05, 4.69) is 12.0 Å². The fourth-order valence-electron chi connectivity index (χ4n) is 3.92. The Kier molecular flexibility index (Phi) is 5.08. The van der Waals surface area contributed by atoms with Gasteiger partial charge in [-0.05, 0) is 61.9 Å². The van der Waals surface area contributed by atoms with Crippen molar-refractivity contribution in [3.8, 4) is 5.69 Å². The summed E-state index contributed by atoms with van der Waals surface area (Å²) in [6.45, 7) is 4.12. The van der Waals surface area contributed by atoms with Crippen LogP contribution in [-0.4, -0.2) is 40.2 Å². The minimum Gasteiger partial charge on any atom is -0.337 e. The number of carbonyl (C=O) groups is 1. The second-order valence-electron chi connectivity index (χ2n) is 7.51. The maximum atomic E-state index is 13.2. The maximum absolute atomic E-state index is 13.2. The molecule has 1 unspecified atom stereocenters. The molecular formula is C19H24ClFN4O. The quantitative estimate of drug-likeness (QED) is 0.893. The number of hydrogen-bond acceptors (Lipinski definition) is 3. The van der Waals surface area contributed by atoms with Crippen LogP contribution in [0.4, 0.5) is 4.39 Å². The van der Waals surface area contributed by atoms with Crippen molar-refractivity contribution >= 4 is 18.3 Å². The molecule has 1 fully saturated rings. The van der Waals surface area contributed by atoms with Crippen LogP contribution in [0.15, 0.2) is 24.3 Å². The summed E-state index contributed by atoms with van der Waals surface area (Å²) in [4.78, 5) is 14.9. The van der Waals surface area contributed by atoms with Gasteiger partial charge in [-0.1, -0.05) is 6.92 Å². The van der Waals surface area contributed by atoms with Gasteiger partial charge in [-0.15, -0.1) is 12.4 Å². The van der Waals surface area contributed by atoms with Crippen LogP contribution in [0.3, 0.4) is 0 Å².